The molecule has 0 atom stereocenters. The Morgan fingerprint density at radius 2 is 1.65 bits per heavy atom. The largest absolute Gasteiger partial charge is 0.365 e. The number of primary amides is 1. The average molecular weight is 338 g/mol. The molecule has 1 aromatic heterocycles. The van der Waals surface area contributed by atoms with Crippen molar-refractivity contribution in [3.8, 4) is 0 Å². The third kappa shape index (κ3) is 4.80. The molecule has 112 valence electrons. The molecule has 0 bridgehead atoms. The van der Waals surface area contributed by atoms with Crippen molar-refractivity contribution >= 4 is 40.7 Å². The van der Waals surface area contributed by atoms with Gasteiger partial charge < -0.3 is 5.73 Å². The third-order valence-electron chi connectivity index (χ3n) is 3.18. The molecule has 0 saturated heterocycles. The number of carbonyl (C=O) groups is 1. The van der Waals surface area contributed by atoms with Crippen molar-refractivity contribution in [1.82, 2.24) is 4.98 Å². The molecule has 1 rings (SSSR count). The Hall–Kier alpha value is -0.510. The summed E-state index contributed by atoms with van der Waals surface area (Å²) in [5, 5.41) is 0.411. The number of nitrogens with zero attached hydrogens (tertiary/aromatic N) is 1. The minimum Gasteiger partial charge on any atom is -0.365 e. The molecule has 20 heavy (non-hydrogen) atoms. The number of aromatic nitrogens is 1. The number of hydrogen-bond donors (Lipinski definition) is 1. The van der Waals surface area contributed by atoms with Gasteiger partial charge in [0.05, 0.1) is 10.6 Å². The van der Waals surface area contributed by atoms with Crippen LogP contribution in [0.4, 0.5) is 0 Å². The van der Waals surface area contributed by atoms with Crippen LogP contribution in [0.3, 0.4) is 0 Å². The molecule has 1 aromatic rings. The monoisotopic (exact) mass is 336 g/mol. The van der Waals surface area contributed by atoms with Gasteiger partial charge in [0, 0.05) is 0 Å². The van der Waals surface area contributed by atoms with Crippen LogP contribution < -0.4 is 5.73 Å². The highest BCUT2D eigenvalue weighted by Gasteiger charge is 2.20. The lowest BCUT2D eigenvalue weighted by Gasteiger charge is -2.11. The Kier molecular flexibility index (Phi) is 7.63. The van der Waals surface area contributed by atoms with Crippen LogP contribution in [0.5, 0.6) is 0 Å². The molecule has 0 radical (unpaired) electrons. The number of pyridine rings is 1. The number of rotatable bonds is 8. The summed E-state index contributed by atoms with van der Waals surface area (Å²) in [6, 6.07) is 0. The first-order chi connectivity index (χ1) is 9.49. The Balaban J connectivity index is 2.75. The van der Waals surface area contributed by atoms with E-state index in [-0.39, 0.29) is 20.9 Å². The van der Waals surface area contributed by atoms with Gasteiger partial charge in [0.1, 0.15) is 10.3 Å². The highest BCUT2D eigenvalue weighted by molar-refractivity contribution is 6.43. The van der Waals surface area contributed by atoms with Gasteiger partial charge in [-0.2, -0.15) is 0 Å². The van der Waals surface area contributed by atoms with E-state index >= 15 is 0 Å². The summed E-state index contributed by atoms with van der Waals surface area (Å²) in [6.45, 7) is 2.18. The number of halogens is 3. The van der Waals surface area contributed by atoms with Crippen molar-refractivity contribution in [2.24, 2.45) is 5.73 Å². The van der Waals surface area contributed by atoms with Crippen LogP contribution >= 0.6 is 34.8 Å². The Labute approximate surface area is 134 Å². The topological polar surface area (TPSA) is 56.0 Å². The molecular weight excluding hydrogens is 319 g/mol. The second kappa shape index (κ2) is 8.71. The molecule has 0 fully saturated rings. The van der Waals surface area contributed by atoms with Crippen LogP contribution in [0.1, 0.15) is 61.4 Å². The van der Waals surface area contributed by atoms with Gasteiger partial charge in [-0.3, -0.25) is 4.79 Å². The molecule has 0 aliphatic carbocycles. The fraction of sp³-hybridized carbons (Fsp3) is 0.571. The van der Waals surface area contributed by atoms with Gasteiger partial charge >= 0.3 is 0 Å². The number of unbranched alkanes of at least 4 members (excludes halogenated alkanes) is 5. The number of hydrogen-bond acceptors (Lipinski definition) is 2. The maximum Gasteiger partial charge on any atom is 0.252 e. The number of carbonyl (C=O) groups excluding carboxylic acids is 1. The standard InChI is InChI=1S/C14H19Cl3N2O/c1-2-3-4-5-6-7-8-9-10(14(18)20)12(16)19-13(17)11(9)15/h2-8H2,1H3,(H2,18,20). The van der Waals surface area contributed by atoms with E-state index in [1.165, 1.54) is 25.7 Å². The molecule has 1 heterocycles. The smallest absolute Gasteiger partial charge is 0.252 e. The van der Waals surface area contributed by atoms with Gasteiger partial charge in [-0.15, -0.1) is 0 Å². The van der Waals surface area contributed by atoms with Crippen LogP contribution in [0.2, 0.25) is 15.3 Å². The van der Waals surface area contributed by atoms with Gasteiger partial charge in [-0.25, -0.2) is 4.98 Å². The van der Waals surface area contributed by atoms with Gasteiger partial charge in [0.2, 0.25) is 0 Å². The summed E-state index contributed by atoms with van der Waals surface area (Å²) in [4.78, 5) is 15.3. The van der Waals surface area contributed by atoms with E-state index in [4.69, 9.17) is 40.5 Å². The summed E-state index contributed by atoms with van der Waals surface area (Å²) in [7, 11) is 0. The van der Waals surface area contributed by atoms with E-state index in [9.17, 15) is 4.79 Å². The minimum atomic E-state index is -0.623. The first kappa shape index (κ1) is 17.5. The molecule has 0 aromatic carbocycles. The lowest BCUT2D eigenvalue weighted by Crippen LogP contribution is -2.16. The third-order valence-corrected chi connectivity index (χ3v) is 4.23. The molecule has 6 heteroatoms. The van der Waals surface area contributed by atoms with Crippen molar-refractivity contribution in [2.75, 3.05) is 0 Å². The van der Waals surface area contributed by atoms with Crippen LogP contribution in [-0.2, 0) is 6.42 Å². The second-order valence-electron chi connectivity index (χ2n) is 4.74. The first-order valence-corrected chi connectivity index (χ1v) is 7.95. The molecule has 0 aliphatic rings. The zero-order chi connectivity index (χ0) is 15.1. The molecule has 0 saturated carbocycles. The van der Waals surface area contributed by atoms with E-state index in [1.54, 1.807) is 0 Å². The second-order valence-corrected chi connectivity index (χ2v) is 5.84. The van der Waals surface area contributed by atoms with E-state index in [2.05, 4.69) is 11.9 Å². The Morgan fingerprint density at radius 1 is 1.05 bits per heavy atom. The van der Waals surface area contributed by atoms with Crippen LogP contribution in [0, 0.1) is 0 Å². The molecule has 3 nitrogen and oxygen atoms in total. The van der Waals surface area contributed by atoms with E-state index in [0.29, 0.717) is 12.0 Å². The van der Waals surface area contributed by atoms with Crippen LogP contribution in [-0.4, -0.2) is 10.9 Å². The summed E-state index contributed by atoms with van der Waals surface area (Å²) in [5.41, 5.74) is 6.14. The first-order valence-electron chi connectivity index (χ1n) is 6.82. The van der Waals surface area contributed by atoms with Crippen LogP contribution in [0.15, 0.2) is 0 Å². The summed E-state index contributed by atoms with van der Waals surface area (Å²) in [5.74, 6) is -0.623. The number of nitrogens with two attached hydrogens (primary N) is 1. The van der Waals surface area contributed by atoms with E-state index in [1.807, 2.05) is 0 Å². The maximum atomic E-state index is 11.5. The predicted octanol–water partition coefficient (Wildman–Crippen LogP) is 5.04. The van der Waals surface area contributed by atoms with Crippen molar-refractivity contribution in [1.29, 1.82) is 0 Å². The van der Waals surface area contributed by atoms with Gasteiger partial charge in [-0.1, -0.05) is 73.8 Å². The molecule has 1 amide bonds. The normalized spacial score (nSPS) is 10.8. The van der Waals surface area contributed by atoms with E-state index < -0.39 is 5.91 Å². The van der Waals surface area contributed by atoms with Crippen molar-refractivity contribution < 1.29 is 4.79 Å². The zero-order valence-electron chi connectivity index (χ0n) is 11.5. The molecule has 0 unspecified atom stereocenters. The highest BCUT2D eigenvalue weighted by atomic mass is 35.5. The summed E-state index contributed by atoms with van der Waals surface area (Å²) >= 11 is 17.9. The van der Waals surface area contributed by atoms with Crippen LogP contribution in [0.25, 0.3) is 0 Å². The van der Waals surface area contributed by atoms with Crippen molar-refractivity contribution in [2.45, 2.75) is 51.9 Å². The zero-order valence-corrected chi connectivity index (χ0v) is 13.8. The fourth-order valence-electron chi connectivity index (χ4n) is 2.12. The summed E-state index contributed by atoms with van der Waals surface area (Å²) in [6.07, 6.45) is 7.49. The molecule has 2 N–H and O–H groups in total. The fourth-order valence-corrected chi connectivity index (χ4v) is 2.88. The lowest BCUT2D eigenvalue weighted by atomic mass is 10.0. The quantitative estimate of drug-likeness (QED) is 0.533. The van der Waals surface area contributed by atoms with E-state index in [0.717, 1.165) is 12.8 Å². The average Bonchev–Trinajstić information content (AvgIpc) is 2.38. The van der Waals surface area contributed by atoms with Gasteiger partial charge in [0.25, 0.3) is 5.91 Å². The minimum absolute atomic E-state index is 0.0212. The van der Waals surface area contributed by atoms with Crippen molar-refractivity contribution in [3.63, 3.8) is 0 Å². The predicted molar refractivity (Wildman–Crippen MR) is 84.9 cm³/mol. The SMILES string of the molecule is CCCCCCCCc1c(Cl)c(Cl)nc(Cl)c1C(N)=O. The summed E-state index contributed by atoms with van der Waals surface area (Å²) < 4.78 is 0. The van der Waals surface area contributed by atoms with Gasteiger partial charge in [-0.05, 0) is 18.4 Å². The van der Waals surface area contributed by atoms with Gasteiger partial charge in [0.15, 0.2) is 0 Å². The number of amides is 1. The molecular formula is C14H19Cl3N2O. The highest BCUT2D eigenvalue weighted by Crippen LogP contribution is 2.32. The lowest BCUT2D eigenvalue weighted by molar-refractivity contribution is 0.0999. The maximum absolute atomic E-state index is 11.5. The molecule has 0 spiro atoms. The Morgan fingerprint density at radius 3 is 2.25 bits per heavy atom. The Bertz CT molecular complexity index is 478. The van der Waals surface area contributed by atoms with Crippen molar-refractivity contribution in [3.05, 3.63) is 26.5 Å². The molecule has 0 aliphatic heterocycles.